The Balaban J connectivity index is 2.00. The fourth-order valence-electron chi connectivity index (χ4n) is 0.316. The van der Waals surface area contributed by atoms with Gasteiger partial charge in [0.25, 0.3) is 0 Å². The highest BCUT2D eigenvalue weighted by Gasteiger charge is 2.12. The predicted octanol–water partition coefficient (Wildman–Crippen LogP) is 0.484. The molecule has 1 saturated heterocycles. The zero-order valence-corrected chi connectivity index (χ0v) is 3.44. The summed E-state index contributed by atoms with van der Waals surface area (Å²) in [4.78, 5) is 2.25. The molecule has 0 saturated carbocycles. The van der Waals surface area contributed by atoms with Crippen LogP contribution in [0.4, 0.5) is 0 Å². The van der Waals surface area contributed by atoms with E-state index in [0.29, 0.717) is 0 Å². The molecule has 0 spiro atoms. The molecular weight excluding hydrogens is 62.1 g/mol. The minimum absolute atomic E-state index is 1.29. The summed E-state index contributed by atoms with van der Waals surface area (Å²) in [5, 5.41) is 0. The monoisotopic (exact) mass is 70.1 g/mol. The normalized spacial score (nSPS) is 23.4. The van der Waals surface area contributed by atoms with Crippen LogP contribution in [0.2, 0.25) is 0 Å². The molecule has 1 fully saturated rings. The van der Waals surface area contributed by atoms with Crippen molar-refractivity contribution >= 4 is 0 Å². The van der Waals surface area contributed by atoms with E-state index in [9.17, 15) is 0 Å². The zero-order chi connectivity index (χ0) is 3.70. The number of hydrogen-bond donors (Lipinski definition) is 0. The summed E-state index contributed by atoms with van der Waals surface area (Å²) >= 11 is 0. The van der Waals surface area contributed by atoms with E-state index >= 15 is 0 Å². The first-order valence-electron chi connectivity index (χ1n) is 1.97. The van der Waals surface area contributed by atoms with Gasteiger partial charge in [-0.15, -0.1) is 0 Å². The first-order chi connectivity index (χ1) is 2.43. The lowest BCUT2D eigenvalue weighted by molar-refractivity contribution is 0.688. The molecule has 1 aliphatic rings. The fraction of sp³-hybridized carbons (Fsp3) is 0.750. The van der Waals surface area contributed by atoms with Gasteiger partial charge in [-0.1, -0.05) is 0 Å². The fourth-order valence-corrected chi connectivity index (χ4v) is 0.316. The van der Waals surface area contributed by atoms with Gasteiger partial charge in [-0.3, -0.25) is 4.90 Å². The molecule has 1 nitrogen and oxygen atoms in total. The summed E-state index contributed by atoms with van der Waals surface area (Å²) in [6.07, 6.45) is 0. The van der Waals surface area contributed by atoms with Crippen LogP contribution in [0.5, 0.6) is 0 Å². The molecular formula is C4H8N. The van der Waals surface area contributed by atoms with E-state index in [-0.39, 0.29) is 0 Å². The molecule has 0 aromatic rings. The standard InChI is InChI=1S/C4H8N/c1-2-5-3-4-5/h2H,3-4H2,1H3. The molecule has 5 heavy (non-hydrogen) atoms. The minimum Gasteiger partial charge on any atom is -0.297 e. The van der Waals surface area contributed by atoms with Crippen molar-refractivity contribution < 1.29 is 0 Å². The van der Waals surface area contributed by atoms with Gasteiger partial charge < -0.3 is 0 Å². The Bertz CT molecular complexity index is 30.6. The summed E-state index contributed by atoms with van der Waals surface area (Å²) in [6.45, 7) is 6.75. The average molecular weight is 70.1 g/mol. The average Bonchev–Trinajstić information content (AvgIpc) is 2.12. The van der Waals surface area contributed by atoms with Gasteiger partial charge in [-0.05, 0) is 6.92 Å². The maximum Gasteiger partial charge on any atom is 0.0221 e. The molecule has 1 aliphatic heterocycles. The van der Waals surface area contributed by atoms with Crippen molar-refractivity contribution in [3.05, 3.63) is 6.54 Å². The van der Waals surface area contributed by atoms with Crippen LogP contribution in [0, 0.1) is 6.54 Å². The molecule has 0 N–H and O–H groups in total. The Hall–Kier alpha value is -0.0400. The van der Waals surface area contributed by atoms with Crippen molar-refractivity contribution in [2.75, 3.05) is 13.1 Å². The summed E-state index contributed by atoms with van der Waals surface area (Å²) in [6, 6.07) is 0. The molecule has 0 aliphatic carbocycles. The number of nitrogens with zero attached hydrogens (tertiary/aromatic N) is 1. The first-order valence-corrected chi connectivity index (χ1v) is 1.97. The summed E-state index contributed by atoms with van der Waals surface area (Å²) in [5.41, 5.74) is 0. The molecule has 0 atom stereocenters. The quantitative estimate of drug-likeness (QED) is 0.405. The smallest absolute Gasteiger partial charge is 0.0221 e. The molecule has 0 aromatic heterocycles. The number of hydrogen-bond acceptors (Lipinski definition) is 1. The molecule has 0 aromatic carbocycles. The molecule has 0 bridgehead atoms. The second kappa shape index (κ2) is 0.977. The van der Waals surface area contributed by atoms with E-state index in [4.69, 9.17) is 0 Å². The van der Waals surface area contributed by atoms with Crippen LogP contribution in [0.1, 0.15) is 6.92 Å². The molecule has 1 radical (unpaired) electrons. The third-order valence-corrected chi connectivity index (χ3v) is 0.847. The lowest BCUT2D eigenvalue weighted by atomic mass is 10.8. The third-order valence-electron chi connectivity index (χ3n) is 0.847. The van der Waals surface area contributed by atoms with Gasteiger partial charge in [-0.25, -0.2) is 0 Å². The Morgan fingerprint density at radius 3 is 2.20 bits per heavy atom. The van der Waals surface area contributed by atoms with Crippen molar-refractivity contribution in [2.45, 2.75) is 6.92 Å². The number of rotatable bonds is 1. The highest BCUT2D eigenvalue weighted by atomic mass is 15.2. The molecule has 1 heterocycles. The van der Waals surface area contributed by atoms with Gasteiger partial charge in [0.05, 0.1) is 0 Å². The Labute approximate surface area is 32.6 Å². The Morgan fingerprint density at radius 1 is 1.60 bits per heavy atom. The van der Waals surface area contributed by atoms with E-state index in [1.165, 1.54) is 13.1 Å². The van der Waals surface area contributed by atoms with E-state index in [0.717, 1.165) is 0 Å². The largest absolute Gasteiger partial charge is 0.297 e. The van der Waals surface area contributed by atoms with E-state index in [2.05, 4.69) is 18.4 Å². The SMILES string of the molecule is C[CH]N1CC1. The van der Waals surface area contributed by atoms with Crippen LogP contribution in [0.3, 0.4) is 0 Å². The van der Waals surface area contributed by atoms with Gasteiger partial charge in [0, 0.05) is 19.6 Å². The van der Waals surface area contributed by atoms with E-state index in [1.807, 2.05) is 0 Å². The van der Waals surface area contributed by atoms with Crippen LogP contribution in [-0.2, 0) is 0 Å². The predicted molar refractivity (Wildman–Crippen MR) is 21.5 cm³/mol. The second-order valence-electron chi connectivity index (χ2n) is 1.29. The van der Waals surface area contributed by atoms with Crippen molar-refractivity contribution in [2.24, 2.45) is 0 Å². The van der Waals surface area contributed by atoms with Crippen molar-refractivity contribution in [1.82, 2.24) is 4.90 Å². The van der Waals surface area contributed by atoms with Crippen molar-refractivity contribution in [3.63, 3.8) is 0 Å². The van der Waals surface area contributed by atoms with Gasteiger partial charge in [-0.2, -0.15) is 0 Å². The molecule has 29 valence electrons. The van der Waals surface area contributed by atoms with Crippen molar-refractivity contribution in [1.29, 1.82) is 0 Å². The van der Waals surface area contributed by atoms with Gasteiger partial charge in [0.15, 0.2) is 0 Å². The van der Waals surface area contributed by atoms with Gasteiger partial charge in [0.2, 0.25) is 0 Å². The third kappa shape index (κ3) is 0.618. The molecule has 1 heteroatoms. The maximum absolute atomic E-state index is 2.25. The topological polar surface area (TPSA) is 3.01 Å². The highest BCUT2D eigenvalue weighted by molar-refractivity contribution is 4.76. The molecule has 0 amide bonds. The van der Waals surface area contributed by atoms with Crippen LogP contribution in [0.15, 0.2) is 0 Å². The van der Waals surface area contributed by atoms with Crippen LogP contribution in [-0.4, -0.2) is 18.0 Å². The Morgan fingerprint density at radius 2 is 2.20 bits per heavy atom. The first kappa shape index (κ1) is 3.16. The maximum atomic E-state index is 2.25. The lowest BCUT2D eigenvalue weighted by Gasteiger charge is -1.80. The van der Waals surface area contributed by atoms with Crippen molar-refractivity contribution in [3.8, 4) is 0 Å². The molecule has 0 unspecified atom stereocenters. The molecule has 1 rings (SSSR count). The second-order valence-corrected chi connectivity index (χ2v) is 1.29. The van der Waals surface area contributed by atoms with Crippen LogP contribution in [0.25, 0.3) is 0 Å². The summed E-state index contributed by atoms with van der Waals surface area (Å²) in [7, 11) is 0. The van der Waals surface area contributed by atoms with E-state index < -0.39 is 0 Å². The van der Waals surface area contributed by atoms with Gasteiger partial charge >= 0.3 is 0 Å². The zero-order valence-electron chi connectivity index (χ0n) is 3.44. The minimum atomic E-state index is 1.29. The van der Waals surface area contributed by atoms with E-state index in [1.54, 1.807) is 0 Å². The summed E-state index contributed by atoms with van der Waals surface area (Å²) < 4.78 is 0. The van der Waals surface area contributed by atoms with Gasteiger partial charge in [0.1, 0.15) is 0 Å². The highest BCUT2D eigenvalue weighted by Crippen LogP contribution is 2.02. The van der Waals surface area contributed by atoms with Crippen LogP contribution < -0.4 is 0 Å². The lowest BCUT2D eigenvalue weighted by Crippen LogP contribution is -1.81. The van der Waals surface area contributed by atoms with Crippen LogP contribution >= 0.6 is 0 Å². The Kier molecular flexibility index (Phi) is 0.618. The summed E-state index contributed by atoms with van der Waals surface area (Å²) in [5.74, 6) is 0.